The number of carbonyl (C=O) groups excluding carboxylic acids is 1. The monoisotopic (exact) mass is 272 g/mol. The van der Waals surface area contributed by atoms with Crippen molar-refractivity contribution in [1.29, 1.82) is 0 Å². The smallest absolute Gasteiger partial charge is 0.340 e. The Hall–Kier alpha value is -1.97. The summed E-state index contributed by atoms with van der Waals surface area (Å²) in [6.07, 6.45) is 0.760. The van der Waals surface area contributed by atoms with E-state index in [0.29, 0.717) is 18.9 Å². The molecular weight excluding hydrogens is 256 g/mol. The fourth-order valence-corrected chi connectivity index (χ4v) is 1.33. The first-order chi connectivity index (χ1) is 9.06. The van der Waals surface area contributed by atoms with Gasteiger partial charge in [0.2, 0.25) is 0 Å². The van der Waals surface area contributed by atoms with E-state index in [1.54, 1.807) is 6.92 Å². The number of morpholine rings is 1. The highest BCUT2D eigenvalue weighted by atomic mass is 16.5. The zero-order valence-electron chi connectivity index (χ0n) is 10.4. The number of aromatic carboxylic acids is 1. The van der Waals surface area contributed by atoms with E-state index in [2.05, 4.69) is 15.0 Å². The maximum absolute atomic E-state index is 10.8. The van der Waals surface area contributed by atoms with Gasteiger partial charge in [0.25, 0.3) is 5.91 Å². The molecule has 1 aliphatic heterocycles. The van der Waals surface area contributed by atoms with Crippen molar-refractivity contribution in [1.82, 2.24) is 15.9 Å². The number of carboxylic acid groups (broad SMARTS) is 1. The molecule has 0 aromatic carbocycles. The quantitative estimate of drug-likeness (QED) is 0.294. The summed E-state index contributed by atoms with van der Waals surface area (Å²) in [6, 6.07) is 0. The summed E-state index contributed by atoms with van der Waals surface area (Å²) in [6.45, 7) is 3.46. The van der Waals surface area contributed by atoms with E-state index in [-0.39, 0.29) is 11.5 Å². The second-order valence-electron chi connectivity index (χ2n) is 3.67. The molecule has 1 aromatic heterocycles. The highest BCUT2D eigenvalue weighted by Gasteiger charge is 2.20. The maximum atomic E-state index is 10.8. The van der Waals surface area contributed by atoms with Crippen molar-refractivity contribution in [2.45, 2.75) is 13.0 Å². The third-order valence-corrected chi connectivity index (χ3v) is 2.34. The summed E-state index contributed by atoms with van der Waals surface area (Å²) in [4.78, 5) is 20.9. The third-order valence-electron chi connectivity index (χ3n) is 2.34. The second-order valence-corrected chi connectivity index (χ2v) is 3.67. The van der Waals surface area contributed by atoms with Crippen molar-refractivity contribution in [3.63, 3.8) is 0 Å². The molecule has 1 amide bonds. The van der Waals surface area contributed by atoms with Crippen LogP contribution in [0.4, 0.5) is 0 Å². The number of nitrogens with one attached hydrogen (secondary N) is 2. The van der Waals surface area contributed by atoms with Crippen LogP contribution in [0.3, 0.4) is 0 Å². The van der Waals surface area contributed by atoms with Gasteiger partial charge in [-0.05, 0) is 6.92 Å². The Labute approximate surface area is 109 Å². The zero-order valence-corrected chi connectivity index (χ0v) is 10.4. The van der Waals surface area contributed by atoms with Gasteiger partial charge in [0.15, 0.2) is 0 Å². The van der Waals surface area contributed by atoms with Crippen molar-refractivity contribution < 1.29 is 24.0 Å². The van der Waals surface area contributed by atoms with E-state index in [9.17, 15) is 9.59 Å². The molecule has 2 rings (SSSR count). The van der Waals surface area contributed by atoms with Crippen LogP contribution in [0.25, 0.3) is 0 Å². The van der Waals surface area contributed by atoms with Gasteiger partial charge in [-0.25, -0.2) is 10.6 Å². The van der Waals surface area contributed by atoms with Gasteiger partial charge in [-0.15, -0.1) is 0 Å². The van der Waals surface area contributed by atoms with Crippen molar-refractivity contribution in [3.8, 4) is 0 Å². The van der Waals surface area contributed by atoms with E-state index >= 15 is 0 Å². The number of hydrogen-bond donors (Lipinski definition) is 4. The minimum absolute atomic E-state index is 0.120. The van der Waals surface area contributed by atoms with Gasteiger partial charge in [0.05, 0.1) is 12.8 Å². The first kappa shape index (κ1) is 15.1. The van der Waals surface area contributed by atoms with Crippen LogP contribution in [-0.2, 0) is 9.53 Å². The lowest BCUT2D eigenvalue weighted by molar-refractivity contribution is -0.134. The molecule has 0 radical (unpaired) electrons. The molecule has 9 nitrogen and oxygen atoms in total. The fourth-order valence-electron chi connectivity index (χ4n) is 1.33. The number of hydrazine groups is 1. The molecule has 0 spiro atoms. The van der Waals surface area contributed by atoms with Gasteiger partial charge < -0.3 is 19.7 Å². The minimum atomic E-state index is -1.01. The Balaban J connectivity index is 0.000000191. The fraction of sp³-hybridized carbons (Fsp3) is 0.500. The van der Waals surface area contributed by atoms with Crippen molar-refractivity contribution in [2.24, 2.45) is 5.84 Å². The lowest BCUT2D eigenvalue weighted by Gasteiger charge is -2.21. The van der Waals surface area contributed by atoms with E-state index in [4.69, 9.17) is 15.7 Å². The number of amides is 1. The number of aromatic nitrogens is 1. The summed E-state index contributed by atoms with van der Waals surface area (Å²) in [5.74, 6) is 3.95. The van der Waals surface area contributed by atoms with Gasteiger partial charge in [0.1, 0.15) is 17.4 Å². The maximum Gasteiger partial charge on any atom is 0.340 e. The van der Waals surface area contributed by atoms with Gasteiger partial charge in [-0.2, -0.15) is 0 Å². The van der Waals surface area contributed by atoms with Crippen LogP contribution in [-0.4, -0.2) is 47.9 Å². The molecule has 1 fully saturated rings. The summed E-state index contributed by atoms with van der Waals surface area (Å²) < 4.78 is 9.57. The Bertz CT molecular complexity index is 427. The lowest BCUT2D eigenvalue weighted by atomic mass is 10.3. The Morgan fingerprint density at radius 2 is 2.37 bits per heavy atom. The molecule has 1 atom stereocenters. The van der Waals surface area contributed by atoms with Crippen LogP contribution in [0, 0.1) is 6.92 Å². The van der Waals surface area contributed by atoms with Crippen LogP contribution >= 0.6 is 0 Å². The minimum Gasteiger partial charge on any atom is -0.478 e. The lowest BCUT2D eigenvalue weighted by Crippen LogP contribution is -2.49. The largest absolute Gasteiger partial charge is 0.478 e. The third kappa shape index (κ3) is 4.66. The molecule has 1 unspecified atom stereocenters. The number of nitrogens with two attached hydrogens (primary N) is 1. The van der Waals surface area contributed by atoms with Crippen molar-refractivity contribution >= 4 is 11.9 Å². The van der Waals surface area contributed by atoms with Gasteiger partial charge in [-0.1, -0.05) is 5.16 Å². The van der Waals surface area contributed by atoms with E-state index < -0.39 is 12.1 Å². The van der Waals surface area contributed by atoms with E-state index in [1.807, 2.05) is 5.43 Å². The van der Waals surface area contributed by atoms with Crippen LogP contribution in [0.1, 0.15) is 16.1 Å². The topological polar surface area (TPSA) is 140 Å². The van der Waals surface area contributed by atoms with Gasteiger partial charge in [-0.3, -0.25) is 10.2 Å². The molecule has 1 saturated heterocycles. The van der Waals surface area contributed by atoms with Gasteiger partial charge in [0, 0.05) is 13.1 Å². The Morgan fingerprint density at radius 1 is 1.63 bits per heavy atom. The summed E-state index contributed by atoms with van der Waals surface area (Å²) in [5, 5.41) is 14.7. The van der Waals surface area contributed by atoms with Gasteiger partial charge >= 0.3 is 5.97 Å². The molecule has 1 aliphatic rings. The first-order valence-electron chi connectivity index (χ1n) is 5.53. The molecule has 19 heavy (non-hydrogen) atoms. The normalized spacial score (nSPS) is 18.1. The zero-order chi connectivity index (χ0) is 14.3. The first-order valence-corrected chi connectivity index (χ1v) is 5.53. The van der Waals surface area contributed by atoms with E-state index in [1.165, 1.54) is 6.20 Å². The molecule has 2 heterocycles. The molecule has 1 aromatic rings. The molecule has 0 aliphatic carbocycles. The number of nitrogens with zero attached hydrogens (tertiary/aromatic N) is 1. The molecule has 106 valence electrons. The average molecular weight is 272 g/mol. The number of carboxylic acids is 1. The van der Waals surface area contributed by atoms with Crippen LogP contribution < -0.4 is 16.6 Å². The summed E-state index contributed by atoms with van der Waals surface area (Å²) >= 11 is 0. The molecule has 5 N–H and O–H groups in total. The Kier molecular flexibility index (Phi) is 5.93. The molecule has 0 saturated carbocycles. The molecule has 0 bridgehead atoms. The SMILES string of the molecule is Cc1oncc1C(=O)O.NNC(=O)C1CNCCO1. The van der Waals surface area contributed by atoms with E-state index in [0.717, 1.165) is 6.54 Å². The van der Waals surface area contributed by atoms with Crippen LogP contribution in [0.2, 0.25) is 0 Å². The molecular formula is C10H16N4O5. The highest BCUT2D eigenvalue weighted by Crippen LogP contribution is 2.04. The van der Waals surface area contributed by atoms with Crippen LogP contribution in [0.5, 0.6) is 0 Å². The number of hydrogen-bond acceptors (Lipinski definition) is 7. The van der Waals surface area contributed by atoms with Crippen molar-refractivity contribution in [3.05, 3.63) is 17.5 Å². The predicted molar refractivity (Wildman–Crippen MR) is 63.1 cm³/mol. The number of aryl methyl sites for hydroxylation is 1. The highest BCUT2D eigenvalue weighted by molar-refractivity contribution is 5.88. The average Bonchev–Trinajstić information content (AvgIpc) is 2.86. The molecule has 9 heteroatoms. The predicted octanol–water partition coefficient (Wildman–Crippen LogP) is -1.35. The van der Waals surface area contributed by atoms with Crippen molar-refractivity contribution in [2.75, 3.05) is 19.7 Å². The number of rotatable bonds is 2. The second kappa shape index (κ2) is 7.46. The number of carbonyl (C=O) groups is 2. The Morgan fingerprint density at radius 3 is 2.74 bits per heavy atom. The summed E-state index contributed by atoms with van der Waals surface area (Å²) in [7, 11) is 0. The summed E-state index contributed by atoms with van der Waals surface area (Å²) in [5.41, 5.74) is 2.15. The number of ether oxygens (including phenoxy) is 1. The standard InChI is InChI=1S/C5H11N3O2.C5H5NO3/c6-8-5(9)4-3-7-1-2-10-4;1-3-4(5(7)8)2-6-9-3/h4,7H,1-3,6H2,(H,8,9);2H,1H3,(H,7,8). The van der Waals surface area contributed by atoms with Crippen LogP contribution in [0.15, 0.2) is 10.7 Å².